The summed E-state index contributed by atoms with van der Waals surface area (Å²) >= 11 is 0. The third-order valence-corrected chi connectivity index (χ3v) is 7.00. The maximum absolute atomic E-state index is 12.7. The molecular weight excluding hydrogens is 449 g/mol. The first kappa shape index (κ1) is 25.6. The van der Waals surface area contributed by atoms with Gasteiger partial charge in [0, 0.05) is 30.0 Å². The number of sulfonamides is 1. The number of ether oxygens (including phenoxy) is 1. The van der Waals surface area contributed by atoms with Crippen LogP contribution in [0.5, 0.6) is 0 Å². The van der Waals surface area contributed by atoms with Crippen molar-refractivity contribution in [1.82, 2.24) is 8.87 Å². The van der Waals surface area contributed by atoms with E-state index in [0.717, 1.165) is 10.6 Å². The Balaban J connectivity index is 2.16. The molecule has 11 heteroatoms. The molecule has 0 aliphatic carbocycles. The third kappa shape index (κ3) is 5.77. The highest BCUT2D eigenvalue weighted by atomic mass is 32.2. The van der Waals surface area contributed by atoms with E-state index in [0.29, 0.717) is 0 Å². The van der Waals surface area contributed by atoms with E-state index >= 15 is 0 Å². The maximum atomic E-state index is 12.7. The fourth-order valence-electron chi connectivity index (χ4n) is 3.29. The predicted octanol–water partition coefficient (Wildman–Crippen LogP) is 3.74. The Hall–Kier alpha value is -2.66. The van der Waals surface area contributed by atoms with Crippen LogP contribution in [0.15, 0.2) is 35.2 Å². The molecule has 32 heavy (non-hydrogen) atoms. The number of ketones is 1. The van der Waals surface area contributed by atoms with Crippen LogP contribution < -0.4 is 0 Å². The van der Waals surface area contributed by atoms with Gasteiger partial charge in [0.1, 0.15) is 6.54 Å². The molecule has 1 aromatic heterocycles. The number of hydrogen-bond acceptors (Lipinski definition) is 5. The molecule has 2 aromatic rings. The van der Waals surface area contributed by atoms with E-state index in [4.69, 9.17) is 4.74 Å². The van der Waals surface area contributed by atoms with Crippen molar-refractivity contribution < 1.29 is 35.9 Å². The molecule has 0 spiro atoms. The third-order valence-electron chi connectivity index (χ3n) is 4.96. The summed E-state index contributed by atoms with van der Waals surface area (Å²) in [5.41, 5.74) is 0.336. The number of benzene rings is 1. The van der Waals surface area contributed by atoms with Gasteiger partial charge in [-0.1, -0.05) is 19.9 Å². The molecule has 0 radical (unpaired) electrons. The number of nitrogens with zero attached hydrogens (tertiary/aromatic N) is 2. The summed E-state index contributed by atoms with van der Waals surface area (Å²) in [6.07, 6.45) is -4.45. The summed E-state index contributed by atoms with van der Waals surface area (Å²) in [6.45, 7) is 4.81. The van der Waals surface area contributed by atoms with Gasteiger partial charge in [-0.2, -0.15) is 17.5 Å². The highest BCUT2D eigenvalue weighted by Gasteiger charge is 2.30. The van der Waals surface area contributed by atoms with Gasteiger partial charge in [-0.05, 0) is 38.1 Å². The van der Waals surface area contributed by atoms with Crippen molar-refractivity contribution in [3.05, 3.63) is 52.8 Å². The second-order valence-corrected chi connectivity index (χ2v) is 9.04. The molecule has 1 heterocycles. The maximum Gasteiger partial charge on any atom is 0.406 e. The zero-order valence-corrected chi connectivity index (χ0v) is 19.0. The zero-order valence-electron chi connectivity index (χ0n) is 18.2. The molecule has 176 valence electrons. The summed E-state index contributed by atoms with van der Waals surface area (Å²) in [7, 11) is -3.79. The van der Waals surface area contributed by atoms with Crippen molar-refractivity contribution in [2.24, 2.45) is 0 Å². The van der Waals surface area contributed by atoms with E-state index < -0.39 is 41.1 Å². The van der Waals surface area contributed by atoms with E-state index in [9.17, 15) is 31.2 Å². The van der Waals surface area contributed by atoms with Crippen LogP contribution in [0.3, 0.4) is 0 Å². The number of aromatic nitrogens is 1. The molecule has 0 amide bonds. The molecule has 0 bridgehead atoms. The molecule has 0 saturated carbocycles. The number of halogens is 3. The van der Waals surface area contributed by atoms with Crippen LogP contribution in [0.4, 0.5) is 13.2 Å². The number of carbonyl (C=O) groups excluding carboxylic acids is 2. The number of Topliss-reactive ketones (excluding diaryl/α,β-unsaturated/α-hetero) is 1. The number of alkyl halides is 3. The van der Waals surface area contributed by atoms with Gasteiger partial charge in [0.25, 0.3) is 0 Å². The van der Waals surface area contributed by atoms with Gasteiger partial charge in [0.2, 0.25) is 15.8 Å². The van der Waals surface area contributed by atoms with Crippen molar-refractivity contribution in [2.45, 2.75) is 45.3 Å². The second kappa shape index (κ2) is 9.86. The summed E-state index contributed by atoms with van der Waals surface area (Å²) in [5, 5.41) is 0. The van der Waals surface area contributed by atoms with Crippen LogP contribution in [0, 0.1) is 13.8 Å². The van der Waals surface area contributed by atoms with Gasteiger partial charge in [-0.15, -0.1) is 0 Å². The lowest BCUT2D eigenvalue weighted by molar-refractivity contribution is -0.141. The Bertz CT molecular complexity index is 1100. The number of aryl methyl sites for hydroxylation is 1. The molecule has 0 unspecified atom stereocenters. The minimum absolute atomic E-state index is 0.0254. The molecule has 0 atom stereocenters. The minimum atomic E-state index is -4.45. The van der Waals surface area contributed by atoms with Gasteiger partial charge in [-0.3, -0.25) is 4.79 Å². The number of rotatable bonds is 9. The van der Waals surface area contributed by atoms with Crippen molar-refractivity contribution in [2.75, 3.05) is 19.7 Å². The molecule has 2 rings (SSSR count). The number of esters is 1. The highest BCUT2D eigenvalue weighted by Crippen LogP contribution is 2.23. The van der Waals surface area contributed by atoms with Crippen molar-refractivity contribution in [3.63, 3.8) is 0 Å². The molecule has 0 aliphatic heterocycles. The molecule has 0 fully saturated rings. The first-order chi connectivity index (χ1) is 14.8. The van der Waals surface area contributed by atoms with E-state index in [2.05, 4.69) is 0 Å². The average molecular weight is 475 g/mol. The van der Waals surface area contributed by atoms with Crippen LogP contribution in [-0.4, -0.2) is 54.9 Å². The summed E-state index contributed by atoms with van der Waals surface area (Å²) in [5.74, 6) is -1.58. The van der Waals surface area contributed by atoms with Gasteiger partial charge >= 0.3 is 12.1 Å². The largest absolute Gasteiger partial charge is 0.454 e. The van der Waals surface area contributed by atoms with Gasteiger partial charge < -0.3 is 9.30 Å². The SMILES string of the molecule is CCN(CC)S(=O)(=O)c1cccc(C(=O)OCC(=O)c2cc(C)n(CC(F)(F)F)c2C)c1. The quantitative estimate of drug-likeness (QED) is 0.408. The Morgan fingerprint density at radius 1 is 1.09 bits per heavy atom. The standard InChI is InChI=1S/C21H25F3N2O5S/c1-5-25(6-2)32(29,30)17-9-7-8-16(11-17)20(28)31-12-19(27)18-10-14(3)26(15(18)4)13-21(22,23)24/h7-11H,5-6,12-13H2,1-4H3. The van der Waals surface area contributed by atoms with Crippen LogP contribution in [0.25, 0.3) is 0 Å². The van der Waals surface area contributed by atoms with Crippen LogP contribution in [0.2, 0.25) is 0 Å². The molecule has 0 N–H and O–H groups in total. The highest BCUT2D eigenvalue weighted by molar-refractivity contribution is 7.89. The van der Waals surface area contributed by atoms with E-state index in [1.165, 1.54) is 42.4 Å². The summed E-state index contributed by atoms with van der Waals surface area (Å²) < 4.78 is 70.7. The topological polar surface area (TPSA) is 85.7 Å². The van der Waals surface area contributed by atoms with Crippen LogP contribution in [0.1, 0.15) is 46.0 Å². The molecule has 0 aliphatic rings. The van der Waals surface area contributed by atoms with Crippen LogP contribution >= 0.6 is 0 Å². The monoisotopic (exact) mass is 474 g/mol. The first-order valence-electron chi connectivity index (χ1n) is 9.85. The van der Waals surface area contributed by atoms with Crippen molar-refractivity contribution in [1.29, 1.82) is 0 Å². The summed E-state index contributed by atoms with van der Waals surface area (Å²) in [4.78, 5) is 24.7. The van der Waals surface area contributed by atoms with Gasteiger partial charge in [0.15, 0.2) is 6.61 Å². The predicted molar refractivity (Wildman–Crippen MR) is 111 cm³/mol. The van der Waals surface area contributed by atoms with Gasteiger partial charge in [0.05, 0.1) is 10.5 Å². The van der Waals surface area contributed by atoms with Gasteiger partial charge in [-0.25, -0.2) is 13.2 Å². The lowest BCUT2D eigenvalue weighted by Crippen LogP contribution is -2.30. The number of hydrogen-bond donors (Lipinski definition) is 0. The Morgan fingerprint density at radius 3 is 2.28 bits per heavy atom. The Morgan fingerprint density at radius 2 is 1.72 bits per heavy atom. The summed E-state index contributed by atoms with van der Waals surface area (Å²) in [6, 6.07) is 6.57. The zero-order chi connectivity index (χ0) is 24.3. The average Bonchev–Trinajstić information content (AvgIpc) is 2.99. The number of carbonyl (C=O) groups is 2. The van der Waals surface area contributed by atoms with E-state index in [-0.39, 0.29) is 40.5 Å². The second-order valence-electron chi connectivity index (χ2n) is 7.10. The minimum Gasteiger partial charge on any atom is -0.454 e. The van der Waals surface area contributed by atoms with Crippen molar-refractivity contribution in [3.8, 4) is 0 Å². The van der Waals surface area contributed by atoms with Crippen LogP contribution in [-0.2, 0) is 21.3 Å². The van der Waals surface area contributed by atoms with E-state index in [1.807, 2.05) is 0 Å². The lowest BCUT2D eigenvalue weighted by atomic mass is 10.1. The van der Waals surface area contributed by atoms with E-state index in [1.54, 1.807) is 13.8 Å². The fraction of sp³-hybridized carbons (Fsp3) is 0.429. The fourth-order valence-corrected chi connectivity index (χ4v) is 4.80. The molecule has 0 saturated heterocycles. The molecule has 7 nitrogen and oxygen atoms in total. The normalized spacial score (nSPS) is 12.2. The molecular formula is C21H25F3N2O5S. The lowest BCUT2D eigenvalue weighted by Gasteiger charge is -2.18. The smallest absolute Gasteiger partial charge is 0.406 e. The van der Waals surface area contributed by atoms with Crippen molar-refractivity contribution >= 4 is 21.8 Å². The molecule has 1 aromatic carbocycles. The Kier molecular flexibility index (Phi) is 7.89. The first-order valence-corrected chi connectivity index (χ1v) is 11.3. The Labute approximate surface area is 184 Å².